The molecule has 1 rings (SSSR count). The van der Waals surface area contributed by atoms with Gasteiger partial charge in [-0.05, 0) is 59.3 Å². The summed E-state index contributed by atoms with van der Waals surface area (Å²) >= 11 is 0. The highest BCUT2D eigenvalue weighted by Gasteiger charge is 2.36. The van der Waals surface area contributed by atoms with Crippen molar-refractivity contribution in [2.45, 2.75) is 64.5 Å². The highest BCUT2D eigenvalue weighted by Crippen LogP contribution is 2.34. The van der Waals surface area contributed by atoms with E-state index in [0.717, 1.165) is 18.8 Å². The zero-order valence-electron chi connectivity index (χ0n) is 10.0. The molecule has 1 radical (unpaired) electrons. The molecule has 0 bridgehead atoms. The smallest absolute Gasteiger partial charge is 0.0822 e. The van der Waals surface area contributed by atoms with E-state index in [4.69, 9.17) is 0 Å². The molecule has 0 saturated carbocycles. The van der Waals surface area contributed by atoms with Gasteiger partial charge in [0.25, 0.3) is 0 Å². The van der Waals surface area contributed by atoms with Crippen LogP contribution < -0.4 is 5.32 Å². The van der Waals surface area contributed by atoms with E-state index in [1.54, 1.807) is 0 Å². The molecular weight excluding hydrogens is 174 g/mol. The van der Waals surface area contributed by atoms with E-state index >= 15 is 0 Å². The lowest BCUT2D eigenvalue weighted by atomic mass is 9.74. The Kier molecular flexibility index (Phi) is 3.59. The van der Waals surface area contributed by atoms with E-state index in [2.05, 4.69) is 33.0 Å². The molecule has 14 heavy (non-hydrogen) atoms. The van der Waals surface area contributed by atoms with E-state index in [-0.39, 0.29) is 17.7 Å². The van der Waals surface area contributed by atoms with Gasteiger partial charge in [0.05, 0.1) is 6.61 Å². The summed E-state index contributed by atoms with van der Waals surface area (Å²) in [4.78, 5) is 0. The highest BCUT2D eigenvalue weighted by molar-refractivity contribution is 4.96. The van der Waals surface area contributed by atoms with Crippen molar-refractivity contribution in [2.75, 3.05) is 6.61 Å². The van der Waals surface area contributed by atoms with Gasteiger partial charge in [0.2, 0.25) is 0 Å². The van der Waals surface area contributed by atoms with Gasteiger partial charge in [-0.3, -0.25) is 0 Å². The molecule has 2 heteroatoms. The molecule has 0 amide bonds. The molecule has 0 spiro atoms. The van der Waals surface area contributed by atoms with E-state index < -0.39 is 0 Å². The van der Waals surface area contributed by atoms with E-state index in [1.165, 1.54) is 12.8 Å². The van der Waals surface area contributed by atoms with E-state index in [1.807, 2.05) is 0 Å². The summed E-state index contributed by atoms with van der Waals surface area (Å²) in [5.41, 5.74) is 0.463. The molecule has 1 fully saturated rings. The molecule has 83 valence electrons. The molecule has 0 aromatic heterocycles. The molecule has 1 heterocycles. The summed E-state index contributed by atoms with van der Waals surface area (Å²) in [6.45, 7) is 9.14. The molecule has 2 nitrogen and oxygen atoms in total. The van der Waals surface area contributed by atoms with Crippen molar-refractivity contribution in [1.29, 1.82) is 0 Å². The van der Waals surface area contributed by atoms with Crippen molar-refractivity contribution >= 4 is 0 Å². The van der Waals surface area contributed by atoms with Crippen LogP contribution in [0, 0.1) is 5.92 Å². The van der Waals surface area contributed by atoms with Crippen LogP contribution in [0.5, 0.6) is 0 Å². The summed E-state index contributed by atoms with van der Waals surface area (Å²) in [7, 11) is 0. The summed E-state index contributed by atoms with van der Waals surface area (Å²) in [5, 5.41) is 14.1. The Labute approximate surface area is 88.1 Å². The third-order valence-electron chi connectivity index (χ3n) is 3.03. The Hall–Kier alpha value is -0.0800. The maximum atomic E-state index is 10.5. The van der Waals surface area contributed by atoms with Crippen molar-refractivity contribution < 1.29 is 5.11 Å². The molecule has 1 aliphatic rings. The van der Waals surface area contributed by atoms with Crippen LogP contribution in [0.15, 0.2) is 0 Å². The SMILES string of the molecule is CC1(C)CC(CCC[O])CC(C)(C)N1. The van der Waals surface area contributed by atoms with Gasteiger partial charge in [-0.2, -0.15) is 0 Å². The van der Waals surface area contributed by atoms with Crippen LogP contribution in [0.4, 0.5) is 0 Å². The topological polar surface area (TPSA) is 31.9 Å². The first-order valence-corrected chi connectivity index (χ1v) is 5.72. The lowest BCUT2D eigenvalue weighted by molar-refractivity contribution is 0.110. The lowest BCUT2D eigenvalue weighted by Crippen LogP contribution is -2.57. The Morgan fingerprint density at radius 2 is 1.64 bits per heavy atom. The number of piperidine rings is 1. The van der Waals surface area contributed by atoms with E-state index in [0.29, 0.717) is 0 Å². The minimum Gasteiger partial charge on any atom is -0.307 e. The van der Waals surface area contributed by atoms with Gasteiger partial charge >= 0.3 is 0 Å². The predicted octanol–water partition coefficient (Wildman–Crippen LogP) is 2.75. The quantitative estimate of drug-likeness (QED) is 0.743. The van der Waals surface area contributed by atoms with Crippen molar-refractivity contribution in [1.82, 2.24) is 5.32 Å². The van der Waals surface area contributed by atoms with Crippen molar-refractivity contribution in [3.05, 3.63) is 0 Å². The zero-order valence-corrected chi connectivity index (χ0v) is 10.0. The molecule has 0 aliphatic carbocycles. The first-order valence-electron chi connectivity index (χ1n) is 5.72. The number of rotatable bonds is 3. The zero-order chi connectivity index (χ0) is 10.8. The molecule has 0 aromatic rings. The minimum absolute atomic E-state index is 0.0881. The van der Waals surface area contributed by atoms with E-state index in [9.17, 15) is 5.11 Å². The second-order valence-electron chi connectivity index (χ2n) is 6.01. The van der Waals surface area contributed by atoms with Gasteiger partial charge in [0.1, 0.15) is 0 Å². The highest BCUT2D eigenvalue weighted by atomic mass is 16.2. The second-order valence-corrected chi connectivity index (χ2v) is 6.01. The lowest BCUT2D eigenvalue weighted by Gasteiger charge is -2.46. The maximum Gasteiger partial charge on any atom is 0.0822 e. The van der Waals surface area contributed by atoms with Crippen molar-refractivity contribution in [3.63, 3.8) is 0 Å². The molecular formula is C12H24NO. The second kappa shape index (κ2) is 4.19. The Bertz CT molecular complexity index is 171. The monoisotopic (exact) mass is 198 g/mol. The fourth-order valence-corrected chi connectivity index (χ4v) is 3.11. The molecule has 0 aromatic carbocycles. The molecule has 1 aliphatic heterocycles. The number of hydrogen-bond donors (Lipinski definition) is 1. The van der Waals surface area contributed by atoms with Crippen molar-refractivity contribution in [2.24, 2.45) is 5.92 Å². The third kappa shape index (κ3) is 3.58. The summed E-state index contributed by atoms with van der Waals surface area (Å²) < 4.78 is 0. The summed E-state index contributed by atoms with van der Waals surface area (Å²) in [5.74, 6) is 0.732. The first kappa shape index (κ1) is 12.0. The van der Waals surface area contributed by atoms with Crippen LogP contribution in [0.3, 0.4) is 0 Å². The third-order valence-corrected chi connectivity index (χ3v) is 3.03. The Balaban J connectivity index is 2.53. The van der Waals surface area contributed by atoms with Gasteiger partial charge in [-0.15, -0.1) is 0 Å². The average Bonchev–Trinajstić information content (AvgIpc) is 1.94. The molecule has 0 atom stereocenters. The Morgan fingerprint density at radius 3 is 2.07 bits per heavy atom. The van der Waals surface area contributed by atoms with Gasteiger partial charge in [0, 0.05) is 11.1 Å². The normalized spacial score (nSPS) is 26.4. The summed E-state index contributed by atoms with van der Waals surface area (Å²) in [6.07, 6.45) is 4.36. The molecule has 1 saturated heterocycles. The first-order chi connectivity index (χ1) is 6.35. The van der Waals surface area contributed by atoms with Crippen LogP contribution in [-0.2, 0) is 5.11 Å². The van der Waals surface area contributed by atoms with Crippen LogP contribution in [0.2, 0.25) is 0 Å². The molecule has 1 N–H and O–H groups in total. The summed E-state index contributed by atoms with van der Waals surface area (Å²) in [6, 6.07) is 0. The fraction of sp³-hybridized carbons (Fsp3) is 1.00. The van der Waals surface area contributed by atoms with Gasteiger partial charge in [-0.25, -0.2) is 5.11 Å². The Morgan fingerprint density at radius 1 is 1.14 bits per heavy atom. The largest absolute Gasteiger partial charge is 0.307 e. The molecule has 0 unspecified atom stereocenters. The van der Waals surface area contributed by atoms with Crippen LogP contribution in [0.1, 0.15) is 53.4 Å². The van der Waals surface area contributed by atoms with Crippen LogP contribution >= 0.6 is 0 Å². The van der Waals surface area contributed by atoms with Crippen LogP contribution in [-0.4, -0.2) is 17.7 Å². The maximum absolute atomic E-state index is 10.5. The predicted molar refractivity (Wildman–Crippen MR) is 58.8 cm³/mol. The average molecular weight is 198 g/mol. The minimum atomic E-state index is 0.0881. The van der Waals surface area contributed by atoms with Gasteiger partial charge in [0.15, 0.2) is 0 Å². The standard InChI is InChI=1S/C12H24NO/c1-11(2)8-10(6-5-7-14)9-12(3,4)13-11/h10,13H,5-9H2,1-4H3. The van der Waals surface area contributed by atoms with Gasteiger partial charge in [-0.1, -0.05) is 0 Å². The number of nitrogens with one attached hydrogen (secondary N) is 1. The van der Waals surface area contributed by atoms with Crippen LogP contribution in [0.25, 0.3) is 0 Å². The fourth-order valence-electron chi connectivity index (χ4n) is 3.11. The number of hydrogen-bond acceptors (Lipinski definition) is 1. The van der Waals surface area contributed by atoms with Gasteiger partial charge < -0.3 is 5.32 Å². The van der Waals surface area contributed by atoms with Crippen molar-refractivity contribution in [3.8, 4) is 0 Å².